The number of carbonyl (C=O) groups is 3. The molecule has 3 aromatic rings. The number of rotatable bonds is 8. The summed E-state index contributed by atoms with van der Waals surface area (Å²) in [6, 6.07) is 10.0. The maximum Gasteiger partial charge on any atom is 0.308 e. The van der Waals surface area contributed by atoms with Gasteiger partial charge in [0.2, 0.25) is 5.78 Å². The molecular weight excluding hydrogens is 446 g/mol. The highest BCUT2D eigenvalue weighted by atomic mass is 32.1. The molecular formula is C24H21NO7S. The van der Waals surface area contributed by atoms with Crippen LogP contribution in [0.4, 0.5) is 0 Å². The number of hydrogen-bond acceptors (Lipinski definition) is 9. The quantitative estimate of drug-likeness (QED) is 0.205. The van der Waals surface area contributed by atoms with Crippen LogP contribution in [-0.4, -0.2) is 36.9 Å². The van der Waals surface area contributed by atoms with Gasteiger partial charge in [-0.1, -0.05) is 12.1 Å². The first-order valence-electron chi connectivity index (χ1n) is 9.72. The third kappa shape index (κ3) is 6.05. The van der Waals surface area contributed by atoms with Crippen LogP contribution in [0.2, 0.25) is 0 Å². The van der Waals surface area contributed by atoms with E-state index in [9.17, 15) is 14.4 Å². The zero-order valence-corrected chi connectivity index (χ0v) is 19.2. The first-order valence-corrected chi connectivity index (χ1v) is 10.6. The smallest absolute Gasteiger partial charge is 0.308 e. The van der Waals surface area contributed by atoms with Crippen molar-refractivity contribution in [3.63, 3.8) is 0 Å². The number of carbonyl (C=O) groups excluding carboxylic acids is 3. The van der Waals surface area contributed by atoms with E-state index in [2.05, 4.69) is 4.98 Å². The Labute approximate surface area is 194 Å². The van der Waals surface area contributed by atoms with E-state index in [4.69, 9.17) is 18.9 Å². The minimum atomic E-state index is -0.564. The van der Waals surface area contributed by atoms with Crippen LogP contribution < -0.4 is 18.9 Å². The number of ether oxygens (including phenoxy) is 4. The lowest BCUT2D eigenvalue weighted by Gasteiger charge is -2.09. The molecule has 170 valence electrons. The molecule has 0 aliphatic rings. The summed E-state index contributed by atoms with van der Waals surface area (Å²) in [5.41, 5.74) is 1.66. The van der Waals surface area contributed by atoms with Crippen LogP contribution in [0.25, 0.3) is 16.6 Å². The number of esters is 2. The lowest BCUT2D eigenvalue weighted by molar-refractivity contribution is -0.134. The predicted molar refractivity (Wildman–Crippen MR) is 123 cm³/mol. The van der Waals surface area contributed by atoms with Gasteiger partial charge in [0.1, 0.15) is 10.7 Å². The van der Waals surface area contributed by atoms with E-state index in [1.807, 2.05) is 6.07 Å². The lowest BCUT2D eigenvalue weighted by atomic mass is 10.1. The van der Waals surface area contributed by atoms with E-state index >= 15 is 0 Å². The first-order chi connectivity index (χ1) is 15.8. The second-order valence-electron chi connectivity index (χ2n) is 6.70. The van der Waals surface area contributed by atoms with Crippen molar-refractivity contribution >= 4 is 35.1 Å². The van der Waals surface area contributed by atoms with E-state index in [1.54, 1.807) is 43.9 Å². The SMILES string of the molecule is COc1ccc(-c2nc(C(=O)/C=C/c3ccc(OC(C)=O)c(OC(C)=O)c3)cs2)cc1OC. The maximum atomic E-state index is 12.6. The molecule has 33 heavy (non-hydrogen) atoms. The highest BCUT2D eigenvalue weighted by Gasteiger charge is 2.13. The Morgan fingerprint density at radius 3 is 2.18 bits per heavy atom. The van der Waals surface area contributed by atoms with Gasteiger partial charge in [-0.05, 0) is 42.0 Å². The number of benzene rings is 2. The Hall–Kier alpha value is -3.98. The number of ketones is 1. The van der Waals surface area contributed by atoms with Crippen LogP contribution in [0.15, 0.2) is 47.9 Å². The first kappa shape index (κ1) is 23.7. The van der Waals surface area contributed by atoms with Gasteiger partial charge in [0.15, 0.2) is 23.0 Å². The summed E-state index contributed by atoms with van der Waals surface area (Å²) >= 11 is 1.33. The van der Waals surface area contributed by atoms with Crippen molar-refractivity contribution in [1.82, 2.24) is 4.98 Å². The largest absolute Gasteiger partial charge is 0.493 e. The summed E-state index contributed by atoms with van der Waals surface area (Å²) in [6.45, 7) is 2.48. The van der Waals surface area contributed by atoms with Crippen LogP contribution in [0, 0.1) is 0 Å². The van der Waals surface area contributed by atoms with Gasteiger partial charge in [0.25, 0.3) is 0 Å². The molecule has 0 amide bonds. The van der Waals surface area contributed by atoms with E-state index in [1.165, 1.54) is 43.4 Å². The van der Waals surface area contributed by atoms with Crippen molar-refractivity contribution in [1.29, 1.82) is 0 Å². The molecule has 0 atom stereocenters. The van der Waals surface area contributed by atoms with E-state index in [-0.39, 0.29) is 23.0 Å². The summed E-state index contributed by atoms with van der Waals surface area (Å²) in [5.74, 6) is -0.0434. The Bertz CT molecular complexity index is 1230. The van der Waals surface area contributed by atoms with Crippen LogP contribution in [0.5, 0.6) is 23.0 Å². The summed E-state index contributed by atoms with van der Waals surface area (Å²) in [7, 11) is 3.11. The molecule has 0 unspecified atom stereocenters. The average molecular weight is 467 g/mol. The molecule has 0 radical (unpaired) electrons. The van der Waals surface area contributed by atoms with Crippen molar-refractivity contribution in [2.75, 3.05) is 14.2 Å². The molecule has 0 bridgehead atoms. The van der Waals surface area contributed by atoms with Gasteiger partial charge < -0.3 is 18.9 Å². The molecule has 0 N–H and O–H groups in total. The number of aromatic nitrogens is 1. The fraction of sp³-hybridized carbons (Fsp3) is 0.167. The van der Waals surface area contributed by atoms with Gasteiger partial charge in [-0.2, -0.15) is 0 Å². The number of nitrogens with zero attached hydrogens (tertiary/aromatic N) is 1. The molecule has 0 spiro atoms. The van der Waals surface area contributed by atoms with Crippen LogP contribution in [0.3, 0.4) is 0 Å². The van der Waals surface area contributed by atoms with Crippen LogP contribution in [0.1, 0.15) is 29.9 Å². The van der Waals surface area contributed by atoms with Gasteiger partial charge in [0.05, 0.1) is 14.2 Å². The van der Waals surface area contributed by atoms with Crippen molar-refractivity contribution < 1.29 is 33.3 Å². The summed E-state index contributed by atoms with van der Waals surface area (Å²) in [5, 5.41) is 2.34. The molecule has 8 nitrogen and oxygen atoms in total. The van der Waals surface area contributed by atoms with Gasteiger partial charge in [-0.25, -0.2) is 4.98 Å². The van der Waals surface area contributed by atoms with Gasteiger partial charge in [-0.3, -0.25) is 14.4 Å². The number of thiazole rings is 1. The molecule has 0 aliphatic heterocycles. The number of methoxy groups -OCH3 is 2. The molecule has 0 saturated carbocycles. The Morgan fingerprint density at radius 1 is 0.848 bits per heavy atom. The van der Waals surface area contributed by atoms with Crippen molar-refractivity contribution in [2.24, 2.45) is 0 Å². The Morgan fingerprint density at radius 2 is 1.52 bits per heavy atom. The molecule has 9 heteroatoms. The topological polar surface area (TPSA) is 101 Å². The zero-order valence-electron chi connectivity index (χ0n) is 18.4. The Balaban J connectivity index is 1.79. The summed E-state index contributed by atoms with van der Waals surface area (Å²) < 4.78 is 20.7. The van der Waals surface area contributed by atoms with Crippen molar-refractivity contribution in [2.45, 2.75) is 13.8 Å². The molecule has 3 rings (SSSR count). The van der Waals surface area contributed by atoms with Gasteiger partial charge in [-0.15, -0.1) is 11.3 Å². The normalized spacial score (nSPS) is 10.7. The zero-order chi connectivity index (χ0) is 24.0. The molecule has 1 aromatic heterocycles. The molecule has 0 saturated heterocycles. The van der Waals surface area contributed by atoms with Gasteiger partial charge >= 0.3 is 11.9 Å². The van der Waals surface area contributed by atoms with E-state index < -0.39 is 11.9 Å². The molecule has 1 heterocycles. The average Bonchev–Trinajstić information content (AvgIpc) is 3.28. The number of hydrogen-bond donors (Lipinski definition) is 0. The summed E-state index contributed by atoms with van der Waals surface area (Å²) in [4.78, 5) is 39.6. The lowest BCUT2D eigenvalue weighted by Crippen LogP contribution is -2.07. The van der Waals surface area contributed by atoms with E-state index in [0.29, 0.717) is 22.1 Å². The third-order valence-corrected chi connectivity index (χ3v) is 5.18. The van der Waals surface area contributed by atoms with Crippen molar-refractivity contribution in [3.8, 4) is 33.6 Å². The van der Waals surface area contributed by atoms with E-state index in [0.717, 1.165) is 5.56 Å². The second-order valence-corrected chi connectivity index (χ2v) is 7.56. The summed E-state index contributed by atoms with van der Waals surface area (Å²) in [6.07, 6.45) is 2.92. The van der Waals surface area contributed by atoms with Crippen LogP contribution in [-0.2, 0) is 9.59 Å². The highest BCUT2D eigenvalue weighted by Crippen LogP contribution is 2.34. The minimum absolute atomic E-state index is 0.0803. The standard InChI is InChI=1S/C24H21NO7S/c1-14(26)31-21-9-6-16(11-23(21)32-15(2)27)5-8-19(28)18-13-33-24(25-18)17-7-10-20(29-3)22(12-17)30-4/h5-13H,1-4H3/b8-5+. The molecule has 0 aliphatic carbocycles. The fourth-order valence-electron chi connectivity index (χ4n) is 2.85. The third-order valence-electron chi connectivity index (χ3n) is 4.29. The van der Waals surface area contributed by atoms with Gasteiger partial charge in [0, 0.05) is 24.8 Å². The number of allylic oxidation sites excluding steroid dienone is 1. The molecule has 2 aromatic carbocycles. The van der Waals surface area contributed by atoms with Crippen LogP contribution >= 0.6 is 11.3 Å². The highest BCUT2D eigenvalue weighted by molar-refractivity contribution is 7.13. The Kier molecular flexibility index (Phi) is 7.57. The molecule has 0 fully saturated rings. The fourth-order valence-corrected chi connectivity index (χ4v) is 3.65. The maximum absolute atomic E-state index is 12.6. The minimum Gasteiger partial charge on any atom is -0.493 e. The second kappa shape index (κ2) is 10.6. The monoisotopic (exact) mass is 467 g/mol. The van der Waals surface area contributed by atoms with Crippen molar-refractivity contribution in [3.05, 3.63) is 59.1 Å². The predicted octanol–water partition coefficient (Wildman–Crippen LogP) is 4.57.